The molecule has 0 aromatic heterocycles. The van der Waals surface area contributed by atoms with E-state index in [1.165, 1.54) is 36.0 Å². The first-order chi connectivity index (χ1) is 15.5. The number of aliphatic imine (C=N–C) groups is 2. The lowest BCUT2D eigenvalue weighted by molar-refractivity contribution is 0.0889. The van der Waals surface area contributed by atoms with Gasteiger partial charge >= 0.3 is 0 Å². The molecule has 5 rings (SSSR count). The fourth-order valence-corrected chi connectivity index (χ4v) is 5.34. The standard InChI is InChI=1S/C27H28N2O.C2H6/c1-16-12-13-23-22(14-16)25-24(17(2)28-23)18(3)29-26(25)20-10-7-11-21(15-20)27(30)19-8-5-4-6-9-19;1-2/h7,10-15,19,25H,4-6,8-9H2,1-3H3;1-2H3. The van der Waals surface area contributed by atoms with Gasteiger partial charge in [-0.1, -0.05) is 69.0 Å². The Bertz CT molecular complexity index is 1130. The smallest absolute Gasteiger partial charge is 0.165 e. The summed E-state index contributed by atoms with van der Waals surface area (Å²) in [4.78, 5) is 23.0. The average Bonchev–Trinajstić information content (AvgIpc) is 3.19. The highest BCUT2D eigenvalue weighted by Gasteiger charge is 2.36. The van der Waals surface area contributed by atoms with Crippen LogP contribution >= 0.6 is 0 Å². The van der Waals surface area contributed by atoms with E-state index in [0.717, 1.165) is 46.8 Å². The van der Waals surface area contributed by atoms with Crippen LogP contribution in [0.5, 0.6) is 0 Å². The zero-order valence-corrected chi connectivity index (χ0v) is 20.0. The minimum Gasteiger partial charge on any atom is -0.294 e. The van der Waals surface area contributed by atoms with Gasteiger partial charge in [0.15, 0.2) is 5.78 Å². The third-order valence-electron chi connectivity index (χ3n) is 6.83. The molecule has 0 N–H and O–H groups in total. The normalized spacial score (nSPS) is 20.0. The van der Waals surface area contributed by atoms with Crippen molar-refractivity contribution in [3.05, 3.63) is 76.0 Å². The summed E-state index contributed by atoms with van der Waals surface area (Å²) in [5, 5.41) is 0. The van der Waals surface area contributed by atoms with Crippen LogP contribution in [0.1, 0.15) is 92.8 Å². The Morgan fingerprint density at radius 2 is 1.66 bits per heavy atom. The molecular weight excluding hydrogens is 392 g/mol. The SMILES string of the molecule is CC.CC1=Nc2ccc(C)cc2C2C(c3cccc(C(=O)C4CCCCC4)c3)=NC(C)=C12. The van der Waals surface area contributed by atoms with Crippen molar-refractivity contribution in [3.8, 4) is 0 Å². The maximum absolute atomic E-state index is 13.1. The van der Waals surface area contributed by atoms with Crippen molar-refractivity contribution in [1.82, 2.24) is 0 Å². The second kappa shape index (κ2) is 9.36. The topological polar surface area (TPSA) is 41.8 Å². The molecule has 1 atom stereocenters. The molecule has 0 amide bonds. The number of ketones is 1. The fourth-order valence-electron chi connectivity index (χ4n) is 5.34. The maximum atomic E-state index is 13.1. The molecule has 32 heavy (non-hydrogen) atoms. The van der Waals surface area contributed by atoms with Crippen LogP contribution in [0, 0.1) is 12.8 Å². The van der Waals surface area contributed by atoms with E-state index in [9.17, 15) is 4.79 Å². The van der Waals surface area contributed by atoms with Gasteiger partial charge in [-0.05, 0) is 56.9 Å². The third-order valence-corrected chi connectivity index (χ3v) is 6.83. The number of carbonyl (C=O) groups excluding carboxylic acids is 1. The highest BCUT2D eigenvalue weighted by Crippen LogP contribution is 2.45. The summed E-state index contributed by atoms with van der Waals surface area (Å²) in [5.41, 5.74) is 9.70. The molecule has 0 saturated heterocycles. The average molecular weight is 427 g/mol. The van der Waals surface area contributed by atoms with Gasteiger partial charge in [-0.2, -0.15) is 0 Å². The molecule has 1 saturated carbocycles. The van der Waals surface area contributed by atoms with Crippen LogP contribution < -0.4 is 0 Å². The maximum Gasteiger partial charge on any atom is 0.165 e. The van der Waals surface area contributed by atoms with Crippen molar-refractivity contribution in [2.75, 3.05) is 0 Å². The van der Waals surface area contributed by atoms with Gasteiger partial charge in [0.25, 0.3) is 0 Å². The van der Waals surface area contributed by atoms with Gasteiger partial charge in [0.05, 0.1) is 17.3 Å². The zero-order chi connectivity index (χ0) is 22.8. The lowest BCUT2D eigenvalue weighted by Gasteiger charge is -2.25. The summed E-state index contributed by atoms with van der Waals surface area (Å²) in [7, 11) is 0. The number of allylic oxidation sites excluding steroid dienone is 2. The minimum absolute atomic E-state index is 0.0948. The van der Waals surface area contributed by atoms with Crippen LogP contribution in [-0.4, -0.2) is 17.2 Å². The molecule has 0 radical (unpaired) electrons. The van der Waals surface area contributed by atoms with E-state index < -0.39 is 0 Å². The molecule has 2 aromatic rings. The van der Waals surface area contributed by atoms with Crippen LogP contribution in [0.15, 0.2) is 63.7 Å². The van der Waals surface area contributed by atoms with Gasteiger partial charge in [-0.15, -0.1) is 0 Å². The van der Waals surface area contributed by atoms with E-state index in [4.69, 9.17) is 9.98 Å². The first-order valence-electron chi connectivity index (χ1n) is 12.1. The Balaban J connectivity index is 0.00000119. The van der Waals surface area contributed by atoms with Crippen molar-refractivity contribution < 1.29 is 4.79 Å². The third kappa shape index (κ3) is 4.01. The molecule has 1 unspecified atom stereocenters. The highest BCUT2D eigenvalue weighted by molar-refractivity contribution is 6.19. The van der Waals surface area contributed by atoms with Crippen LogP contribution in [0.4, 0.5) is 5.69 Å². The zero-order valence-electron chi connectivity index (χ0n) is 20.0. The van der Waals surface area contributed by atoms with E-state index in [0.29, 0.717) is 5.78 Å². The van der Waals surface area contributed by atoms with Crippen molar-refractivity contribution in [1.29, 1.82) is 0 Å². The molecule has 0 spiro atoms. The van der Waals surface area contributed by atoms with Gasteiger partial charge in [0, 0.05) is 28.5 Å². The van der Waals surface area contributed by atoms with Gasteiger partial charge in [-0.25, -0.2) is 0 Å². The molecule has 0 bridgehead atoms. The Labute approximate surface area is 192 Å². The van der Waals surface area contributed by atoms with Crippen molar-refractivity contribution >= 4 is 22.9 Å². The number of hydrogen-bond acceptors (Lipinski definition) is 3. The molecular formula is C29H34N2O. The van der Waals surface area contributed by atoms with Gasteiger partial charge < -0.3 is 0 Å². The lowest BCUT2D eigenvalue weighted by Crippen LogP contribution is -2.21. The summed E-state index contributed by atoms with van der Waals surface area (Å²) >= 11 is 0. The van der Waals surface area contributed by atoms with E-state index in [-0.39, 0.29) is 11.8 Å². The summed E-state index contributed by atoms with van der Waals surface area (Å²) in [6, 6.07) is 14.6. The number of benzene rings is 2. The molecule has 2 heterocycles. The van der Waals surface area contributed by atoms with Crippen LogP contribution in [0.25, 0.3) is 0 Å². The molecule has 1 aliphatic carbocycles. The number of rotatable bonds is 3. The van der Waals surface area contributed by atoms with Crippen molar-refractivity contribution in [3.63, 3.8) is 0 Å². The van der Waals surface area contributed by atoms with Crippen molar-refractivity contribution in [2.45, 2.75) is 72.6 Å². The van der Waals surface area contributed by atoms with E-state index >= 15 is 0 Å². The summed E-state index contributed by atoms with van der Waals surface area (Å²) in [5.74, 6) is 0.581. The Kier molecular flexibility index (Phi) is 6.55. The molecule has 2 aliphatic heterocycles. The molecule has 2 aromatic carbocycles. The first kappa shape index (κ1) is 22.4. The number of hydrogen-bond donors (Lipinski definition) is 0. The first-order valence-corrected chi connectivity index (χ1v) is 12.1. The largest absolute Gasteiger partial charge is 0.294 e. The number of fused-ring (bicyclic) bond motifs is 3. The number of nitrogens with zero attached hydrogens (tertiary/aromatic N) is 2. The molecule has 166 valence electrons. The Morgan fingerprint density at radius 3 is 2.41 bits per heavy atom. The summed E-state index contributed by atoms with van der Waals surface area (Å²) < 4.78 is 0. The predicted molar refractivity (Wildman–Crippen MR) is 135 cm³/mol. The number of Topliss-reactive ketones (excluding diaryl/α,β-unsaturated/α-hetero) is 1. The van der Waals surface area contributed by atoms with Gasteiger partial charge in [0.2, 0.25) is 0 Å². The molecule has 1 fully saturated rings. The quantitative estimate of drug-likeness (QED) is 0.463. The van der Waals surface area contributed by atoms with Crippen LogP contribution in [0.3, 0.4) is 0 Å². The van der Waals surface area contributed by atoms with E-state index in [2.05, 4.69) is 51.1 Å². The van der Waals surface area contributed by atoms with Gasteiger partial charge in [0.1, 0.15) is 0 Å². The highest BCUT2D eigenvalue weighted by atomic mass is 16.1. The van der Waals surface area contributed by atoms with Crippen LogP contribution in [0.2, 0.25) is 0 Å². The van der Waals surface area contributed by atoms with E-state index in [1.807, 2.05) is 26.0 Å². The Hall–Kier alpha value is -2.81. The Morgan fingerprint density at radius 1 is 0.906 bits per heavy atom. The van der Waals surface area contributed by atoms with Crippen LogP contribution in [-0.2, 0) is 0 Å². The molecule has 3 nitrogen and oxygen atoms in total. The minimum atomic E-state index is 0.0948. The van der Waals surface area contributed by atoms with Gasteiger partial charge in [-0.3, -0.25) is 14.8 Å². The number of carbonyl (C=O) groups is 1. The lowest BCUT2D eigenvalue weighted by atomic mass is 9.79. The second-order valence-electron chi connectivity index (χ2n) is 8.97. The molecule has 3 aliphatic rings. The monoisotopic (exact) mass is 426 g/mol. The summed E-state index contributed by atoms with van der Waals surface area (Å²) in [6.45, 7) is 10.3. The number of aryl methyl sites for hydroxylation is 1. The molecule has 3 heteroatoms. The second-order valence-corrected chi connectivity index (χ2v) is 8.97. The van der Waals surface area contributed by atoms with E-state index in [1.54, 1.807) is 0 Å². The summed E-state index contributed by atoms with van der Waals surface area (Å²) in [6.07, 6.45) is 5.66. The fraction of sp³-hybridized carbons (Fsp3) is 0.414. The predicted octanol–water partition coefficient (Wildman–Crippen LogP) is 7.75. The van der Waals surface area contributed by atoms with Crippen molar-refractivity contribution in [2.24, 2.45) is 15.9 Å².